The largest absolute Gasteiger partial charge is 0.481 e. The summed E-state index contributed by atoms with van der Waals surface area (Å²) < 4.78 is 9.51. The Bertz CT molecular complexity index is 557. The Morgan fingerprint density at radius 2 is 2.37 bits per heavy atom. The number of hydrogen-bond donors (Lipinski definition) is 1. The van der Waals surface area contributed by atoms with Crippen LogP contribution in [0.3, 0.4) is 0 Å². The van der Waals surface area contributed by atoms with Crippen LogP contribution >= 0.6 is 0 Å². The second kappa shape index (κ2) is 5.76. The van der Waals surface area contributed by atoms with E-state index in [4.69, 9.17) is 4.74 Å². The van der Waals surface area contributed by atoms with Crippen molar-refractivity contribution in [2.75, 3.05) is 19.0 Å². The number of nitrogens with zero attached hydrogens (tertiary/aromatic N) is 4. The molecular formula is C10H11N5O4. The van der Waals surface area contributed by atoms with Crippen LogP contribution < -0.4 is 10.1 Å². The van der Waals surface area contributed by atoms with Crippen LogP contribution in [0.1, 0.15) is 5.82 Å². The van der Waals surface area contributed by atoms with Gasteiger partial charge in [0.2, 0.25) is 18.1 Å². The van der Waals surface area contributed by atoms with Crippen LogP contribution in [0.25, 0.3) is 0 Å². The minimum absolute atomic E-state index is 0.117. The SMILES string of the molecule is COc1ccc([N+](=O)[O-])c(NCCc2ncon2)n1. The van der Waals surface area contributed by atoms with E-state index in [0.717, 1.165) is 0 Å². The van der Waals surface area contributed by atoms with Crippen molar-refractivity contribution in [2.45, 2.75) is 6.42 Å². The Hall–Kier alpha value is -2.71. The molecule has 0 aliphatic heterocycles. The zero-order valence-corrected chi connectivity index (χ0v) is 10.1. The van der Waals surface area contributed by atoms with Crippen LogP contribution in [0.15, 0.2) is 23.0 Å². The molecule has 2 aromatic heterocycles. The molecule has 0 spiro atoms. The van der Waals surface area contributed by atoms with E-state index in [1.165, 1.54) is 25.6 Å². The van der Waals surface area contributed by atoms with Crippen LogP contribution in [0, 0.1) is 10.1 Å². The van der Waals surface area contributed by atoms with Crippen LogP contribution in [-0.4, -0.2) is 33.7 Å². The quantitative estimate of drug-likeness (QED) is 0.608. The molecule has 0 unspecified atom stereocenters. The van der Waals surface area contributed by atoms with Gasteiger partial charge in [-0.3, -0.25) is 10.1 Å². The molecule has 0 saturated heterocycles. The molecule has 0 amide bonds. The predicted octanol–water partition coefficient (Wildman–Crippen LogP) is 1.04. The highest BCUT2D eigenvalue weighted by atomic mass is 16.6. The van der Waals surface area contributed by atoms with Crippen LogP contribution in [0.5, 0.6) is 5.88 Å². The van der Waals surface area contributed by atoms with Crippen molar-refractivity contribution in [3.63, 3.8) is 0 Å². The van der Waals surface area contributed by atoms with E-state index in [2.05, 4.69) is 25.0 Å². The first kappa shape index (κ1) is 12.7. The molecule has 2 rings (SSSR count). The second-order valence-corrected chi connectivity index (χ2v) is 3.50. The van der Waals surface area contributed by atoms with Gasteiger partial charge in [-0.15, -0.1) is 0 Å². The Balaban J connectivity index is 2.06. The van der Waals surface area contributed by atoms with Crippen molar-refractivity contribution in [3.8, 4) is 5.88 Å². The molecule has 2 heterocycles. The predicted molar refractivity (Wildman–Crippen MR) is 63.9 cm³/mol. The Morgan fingerprint density at radius 1 is 1.53 bits per heavy atom. The molecule has 0 saturated carbocycles. The minimum atomic E-state index is -0.511. The van der Waals surface area contributed by atoms with Crippen molar-refractivity contribution in [2.24, 2.45) is 0 Å². The van der Waals surface area contributed by atoms with Crippen molar-refractivity contribution in [1.82, 2.24) is 15.1 Å². The number of rotatable bonds is 6. The van der Waals surface area contributed by atoms with E-state index >= 15 is 0 Å². The van der Waals surface area contributed by atoms with Crippen LogP contribution in [0.4, 0.5) is 11.5 Å². The van der Waals surface area contributed by atoms with Crippen molar-refractivity contribution in [1.29, 1.82) is 0 Å². The number of nitrogens with one attached hydrogen (secondary N) is 1. The van der Waals surface area contributed by atoms with E-state index < -0.39 is 4.92 Å². The van der Waals surface area contributed by atoms with Gasteiger partial charge in [0, 0.05) is 25.1 Å². The van der Waals surface area contributed by atoms with Crippen LogP contribution in [0.2, 0.25) is 0 Å². The molecule has 9 heteroatoms. The van der Waals surface area contributed by atoms with Crippen molar-refractivity contribution >= 4 is 11.5 Å². The summed E-state index contributed by atoms with van der Waals surface area (Å²) in [6.45, 7) is 0.389. The van der Waals surface area contributed by atoms with E-state index in [1.807, 2.05) is 0 Å². The molecule has 9 nitrogen and oxygen atoms in total. The lowest BCUT2D eigenvalue weighted by Gasteiger charge is -2.06. The number of methoxy groups -OCH3 is 1. The smallest absolute Gasteiger partial charge is 0.311 e. The standard InChI is InChI=1S/C10H11N5O4/c1-18-9-3-2-7(15(16)17)10(13-9)11-5-4-8-12-6-19-14-8/h2-3,6H,4-5H2,1H3,(H,11,13). The molecule has 19 heavy (non-hydrogen) atoms. The lowest BCUT2D eigenvalue weighted by molar-refractivity contribution is -0.384. The highest BCUT2D eigenvalue weighted by molar-refractivity contribution is 5.57. The van der Waals surface area contributed by atoms with Gasteiger partial charge in [-0.2, -0.15) is 9.97 Å². The van der Waals surface area contributed by atoms with Gasteiger partial charge in [-0.25, -0.2) is 0 Å². The van der Waals surface area contributed by atoms with Crippen molar-refractivity contribution in [3.05, 3.63) is 34.5 Å². The first-order valence-corrected chi connectivity index (χ1v) is 5.39. The monoisotopic (exact) mass is 265 g/mol. The van der Waals surface area contributed by atoms with E-state index in [0.29, 0.717) is 24.7 Å². The van der Waals surface area contributed by atoms with Gasteiger partial charge in [-0.1, -0.05) is 5.16 Å². The van der Waals surface area contributed by atoms with Gasteiger partial charge >= 0.3 is 5.69 Å². The first-order valence-electron chi connectivity index (χ1n) is 5.39. The Kier molecular flexibility index (Phi) is 3.86. The summed E-state index contributed by atoms with van der Waals surface area (Å²) in [7, 11) is 1.44. The summed E-state index contributed by atoms with van der Waals surface area (Å²) >= 11 is 0. The Morgan fingerprint density at radius 3 is 3.00 bits per heavy atom. The molecule has 1 N–H and O–H groups in total. The van der Waals surface area contributed by atoms with Crippen molar-refractivity contribution < 1.29 is 14.2 Å². The number of aromatic nitrogens is 3. The Labute approximate surface area is 107 Å². The topological polar surface area (TPSA) is 116 Å². The lowest BCUT2D eigenvalue weighted by atomic mass is 10.3. The van der Waals surface area contributed by atoms with Gasteiger partial charge in [0.15, 0.2) is 5.82 Å². The summed E-state index contributed by atoms with van der Waals surface area (Å²) in [5, 5.41) is 17.3. The highest BCUT2D eigenvalue weighted by Gasteiger charge is 2.16. The molecule has 0 aliphatic carbocycles. The van der Waals surface area contributed by atoms with Gasteiger partial charge in [0.05, 0.1) is 12.0 Å². The molecule has 0 atom stereocenters. The summed E-state index contributed by atoms with van der Waals surface area (Å²) in [4.78, 5) is 18.2. The van der Waals surface area contributed by atoms with Gasteiger partial charge in [0.1, 0.15) is 0 Å². The molecule has 0 aliphatic rings. The average molecular weight is 265 g/mol. The van der Waals surface area contributed by atoms with E-state index in [9.17, 15) is 10.1 Å². The molecular weight excluding hydrogens is 254 g/mol. The number of anilines is 1. The second-order valence-electron chi connectivity index (χ2n) is 3.50. The molecule has 0 radical (unpaired) electrons. The third-order valence-corrected chi connectivity index (χ3v) is 2.30. The molecule has 0 bridgehead atoms. The summed E-state index contributed by atoms with van der Waals surface area (Å²) in [6.07, 6.45) is 1.69. The van der Waals surface area contributed by atoms with Gasteiger partial charge in [0.25, 0.3) is 0 Å². The molecule has 2 aromatic rings. The maximum Gasteiger partial charge on any atom is 0.311 e. The third kappa shape index (κ3) is 3.15. The maximum absolute atomic E-state index is 10.9. The number of nitro groups is 1. The zero-order valence-electron chi connectivity index (χ0n) is 10.1. The summed E-state index contributed by atoms with van der Waals surface area (Å²) in [5.41, 5.74) is -0.117. The fraction of sp³-hybridized carbons (Fsp3) is 0.300. The van der Waals surface area contributed by atoms with E-state index in [-0.39, 0.29) is 11.5 Å². The first-order chi connectivity index (χ1) is 9.20. The number of ether oxygens (including phenoxy) is 1. The van der Waals surface area contributed by atoms with Gasteiger partial charge in [-0.05, 0) is 0 Å². The lowest BCUT2D eigenvalue weighted by Crippen LogP contribution is -2.09. The highest BCUT2D eigenvalue weighted by Crippen LogP contribution is 2.24. The van der Waals surface area contributed by atoms with E-state index in [1.54, 1.807) is 0 Å². The normalized spacial score (nSPS) is 10.2. The zero-order chi connectivity index (χ0) is 13.7. The molecule has 0 aromatic carbocycles. The average Bonchev–Trinajstić information content (AvgIpc) is 2.91. The molecule has 100 valence electrons. The van der Waals surface area contributed by atoms with Crippen LogP contribution in [-0.2, 0) is 6.42 Å². The minimum Gasteiger partial charge on any atom is -0.481 e. The fourth-order valence-electron chi connectivity index (χ4n) is 1.42. The summed E-state index contributed by atoms with van der Waals surface area (Å²) in [5.74, 6) is 0.957. The fourth-order valence-corrected chi connectivity index (χ4v) is 1.42. The maximum atomic E-state index is 10.9. The molecule has 0 fully saturated rings. The van der Waals surface area contributed by atoms with Gasteiger partial charge < -0.3 is 14.6 Å². The number of hydrogen-bond acceptors (Lipinski definition) is 8. The number of pyridine rings is 1. The summed E-state index contributed by atoms with van der Waals surface area (Å²) in [6, 6.07) is 2.77. The third-order valence-electron chi connectivity index (χ3n) is 2.30.